The molecule has 1 amide bonds. The van der Waals surface area contributed by atoms with Crippen LogP contribution < -0.4 is 14.5 Å². The Morgan fingerprint density at radius 1 is 1.03 bits per heavy atom. The molecule has 1 unspecified atom stereocenters. The Morgan fingerprint density at radius 2 is 1.77 bits per heavy atom. The first-order valence-electron chi connectivity index (χ1n) is 13.7. The topological polar surface area (TPSA) is 95.5 Å². The van der Waals surface area contributed by atoms with Gasteiger partial charge in [0, 0.05) is 31.4 Å². The molecule has 1 N–H and O–H groups in total. The molecule has 4 heterocycles. The van der Waals surface area contributed by atoms with Crippen LogP contribution in [0, 0.1) is 11.8 Å². The van der Waals surface area contributed by atoms with Gasteiger partial charge in [-0.2, -0.15) is 8.42 Å². The molecule has 0 bridgehead atoms. The molecule has 2 aromatic heterocycles. The number of anilines is 2. The molecule has 8 nitrogen and oxygen atoms in total. The Bertz CT molecular complexity index is 1420. The average molecular weight is 548 g/mol. The maximum Gasteiger partial charge on any atom is 0.281 e. The number of piperidine rings is 1. The molecule has 5 rings (SSSR count). The van der Waals surface area contributed by atoms with E-state index >= 15 is 0 Å². The number of nitrogens with one attached hydrogen (secondary N) is 1. The molecule has 1 aromatic carbocycles. The van der Waals surface area contributed by atoms with Gasteiger partial charge in [-0.1, -0.05) is 43.3 Å². The van der Waals surface area contributed by atoms with Crippen LogP contribution in [0.1, 0.15) is 56.0 Å². The van der Waals surface area contributed by atoms with Crippen LogP contribution in [0.3, 0.4) is 0 Å². The van der Waals surface area contributed by atoms with Gasteiger partial charge in [-0.15, -0.1) is 0 Å². The molecule has 2 fully saturated rings. The Balaban J connectivity index is 1.28. The van der Waals surface area contributed by atoms with Crippen molar-refractivity contribution in [1.29, 1.82) is 0 Å². The molecule has 0 aliphatic carbocycles. The summed E-state index contributed by atoms with van der Waals surface area (Å²) in [4.78, 5) is 26.4. The van der Waals surface area contributed by atoms with Gasteiger partial charge in [0.15, 0.2) is 5.03 Å². The molecule has 0 radical (unpaired) electrons. The standard InChI is InChI=1S/C30H37N5O3S/c1-22-20-30(2,3)35(21-22)28-25(11-8-16-31-28)29(36)33-39(37,38)27-13-7-12-26(32-27)34-17-14-24(15-18-34)19-23-9-5-4-6-10-23/h4-13,16,22,24H,14-15,17-21H2,1-3H3,(H,33,36). The zero-order chi connectivity index (χ0) is 27.6. The Hall–Kier alpha value is -3.46. The Labute approximate surface area is 231 Å². The van der Waals surface area contributed by atoms with E-state index in [0.717, 1.165) is 45.3 Å². The lowest BCUT2D eigenvalue weighted by Gasteiger charge is -2.33. The van der Waals surface area contributed by atoms with Crippen molar-refractivity contribution in [1.82, 2.24) is 14.7 Å². The molecule has 1 atom stereocenters. The van der Waals surface area contributed by atoms with E-state index in [0.29, 0.717) is 23.5 Å². The fourth-order valence-corrected chi connectivity index (χ4v) is 6.95. The van der Waals surface area contributed by atoms with Crippen LogP contribution in [0.2, 0.25) is 0 Å². The highest BCUT2D eigenvalue weighted by atomic mass is 32.2. The molecule has 2 aliphatic rings. The predicted octanol–water partition coefficient (Wildman–Crippen LogP) is 4.68. The molecule has 39 heavy (non-hydrogen) atoms. The minimum atomic E-state index is -4.18. The summed E-state index contributed by atoms with van der Waals surface area (Å²) in [6.45, 7) is 8.77. The van der Waals surface area contributed by atoms with Crippen molar-refractivity contribution in [3.8, 4) is 0 Å². The highest BCUT2D eigenvalue weighted by Crippen LogP contribution is 2.37. The van der Waals surface area contributed by atoms with Crippen LogP contribution >= 0.6 is 0 Å². The van der Waals surface area contributed by atoms with E-state index in [1.165, 1.54) is 11.6 Å². The number of aromatic nitrogens is 2. The summed E-state index contributed by atoms with van der Waals surface area (Å²) in [7, 11) is -4.18. The van der Waals surface area contributed by atoms with Crippen LogP contribution in [0.15, 0.2) is 71.9 Å². The molecule has 0 saturated carbocycles. The minimum Gasteiger partial charge on any atom is -0.357 e. The number of amides is 1. The second kappa shape index (κ2) is 11.0. The van der Waals surface area contributed by atoms with Gasteiger partial charge in [-0.05, 0) is 81.2 Å². The van der Waals surface area contributed by atoms with Gasteiger partial charge in [0.1, 0.15) is 11.6 Å². The predicted molar refractivity (Wildman–Crippen MR) is 153 cm³/mol. The first-order chi connectivity index (χ1) is 18.6. The van der Waals surface area contributed by atoms with E-state index in [2.05, 4.69) is 69.5 Å². The van der Waals surface area contributed by atoms with Gasteiger partial charge in [0.05, 0.1) is 5.56 Å². The van der Waals surface area contributed by atoms with Gasteiger partial charge in [-0.25, -0.2) is 14.7 Å². The fourth-order valence-electron chi connectivity index (χ4n) is 6.02. The maximum absolute atomic E-state index is 13.3. The van der Waals surface area contributed by atoms with Crippen molar-refractivity contribution in [2.24, 2.45) is 11.8 Å². The van der Waals surface area contributed by atoms with E-state index in [1.807, 2.05) is 12.1 Å². The summed E-state index contributed by atoms with van der Waals surface area (Å²) in [6, 6.07) is 18.7. The van der Waals surface area contributed by atoms with Crippen LogP contribution in [0.25, 0.3) is 0 Å². The van der Waals surface area contributed by atoms with E-state index in [9.17, 15) is 13.2 Å². The van der Waals surface area contributed by atoms with E-state index < -0.39 is 15.9 Å². The molecule has 9 heteroatoms. The van der Waals surface area contributed by atoms with Gasteiger partial charge in [-0.3, -0.25) is 4.79 Å². The van der Waals surface area contributed by atoms with Crippen molar-refractivity contribution in [2.75, 3.05) is 29.4 Å². The number of rotatable bonds is 7. The average Bonchev–Trinajstić information content (AvgIpc) is 3.21. The summed E-state index contributed by atoms with van der Waals surface area (Å²) in [6.07, 6.45) is 5.67. The highest BCUT2D eigenvalue weighted by Gasteiger charge is 2.39. The zero-order valence-corrected chi connectivity index (χ0v) is 23.7. The summed E-state index contributed by atoms with van der Waals surface area (Å²) in [5.74, 6) is 1.43. The number of carbonyl (C=O) groups is 1. The highest BCUT2D eigenvalue weighted by molar-refractivity contribution is 7.90. The van der Waals surface area contributed by atoms with Gasteiger partial charge >= 0.3 is 0 Å². The fraction of sp³-hybridized carbons (Fsp3) is 0.433. The first-order valence-corrected chi connectivity index (χ1v) is 15.2. The second-order valence-electron chi connectivity index (χ2n) is 11.5. The van der Waals surface area contributed by atoms with Crippen molar-refractivity contribution < 1.29 is 13.2 Å². The second-order valence-corrected chi connectivity index (χ2v) is 13.1. The van der Waals surface area contributed by atoms with Gasteiger partial charge in [0.25, 0.3) is 15.9 Å². The minimum absolute atomic E-state index is 0.166. The molecular formula is C30H37N5O3S. The van der Waals surface area contributed by atoms with E-state index in [-0.39, 0.29) is 16.1 Å². The third kappa shape index (κ3) is 6.08. The maximum atomic E-state index is 13.3. The van der Waals surface area contributed by atoms with Crippen LogP contribution in [0.5, 0.6) is 0 Å². The number of carbonyl (C=O) groups excluding carboxylic acids is 1. The smallest absolute Gasteiger partial charge is 0.281 e. The molecule has 2 aliphatic heterocycles. The lowest BCUT2D eigenvalue weighted by atomic mass is 9.90. The first kappa shape index (κ1) is 27.1. The Morgan fingerprint density at radius 3 is 2.46 bits per heavy atom. The molecule has 206 valence electrons. The normalized spacial score (nSPS) is 19.7. The summed E-state index contributed by atoms with van der Waals surface area (Å²) in [5, 5.41) is -0.166. The summed E-state index contributed by atoms with van der Waals surface area (Å²) >= 11 is 0. The lowest BCUT2D eigenvalue weighted by molar-refractivity contribution is 0.0981. The largest absolute Gasteiger partial charge is 0.357 e. The molecule has 2 saturated heterocycles. The number of pyridine rings is 2. The third-order valence-corrected chi connectivity index (χ3v) is 9.11. The van der Waals surface area contributed by atoms with Crippen LogP contribution in [-0.4, -0.2) is 49.5 Å². The van der Waals surface area contributed by atoms with Crippen molar-refractivity contribution >= 4 is 27.6 Å². The van der Waals surface area contributed by atoms with E-state index in [4.69, 9.17) is 0 Å². The number of hydrogen-bond donors (Lipinski definition) is 1. The van der Waals surface area contributed by atoms with Gasteiger partial charge in [0.2, 0.25) is 0 Å². The van der Waals surface area contributed by atoms with E-state index in [1.54, 1.807) is 24.4 Å². The summed E-state index contributed by atoms with van der Waals surface area (Å²) in [5.41, 5.74) is 1.39. The van der Waals surface area contributed by atoms with Crippen molar-refractivity contribution in [2.45, 2.75) is 57.0 Å². The zero-order valence-electron chi connectivity index (χ0n) is 22.9. The Kier molecular flexibility index (Phi) is 7.62. The van der Waals surface area contributed by atoms with Crippen LogP contribution in [-0.2, 0) is 16.4 Å². The number of benzene rings is 1. The third-order valence-electron chi connectivity index (χ3n) is 7.88. The lowest BCUT2D eigenvalue weighted by Crippen LogP contribution is -2.41. The number of nitrogens with zero attached hydrogens (tertiary/aromatic N) is 4. The molecular weight excluding hydrogens is 510 g/mol. The van der Waals surface area contributed by atoms with Crippen LogP contribution in [0.4, 0.5) is 11.6 Å². The summed E-state index contributed by atoms with van der Waals surface area (Å²) < 4.78 is 28.8. The quantitative estimate of drug-likeness (QED) is 0.459. The monoisotopic (exact) mass is 547 g/mol. The van der Waals surface area contributed by atoms with Crippen molar-refractivity contribution in [3.63, 3.8) is 0 Å². The number of sulfonamides is 1. The molecule has 3 aromatic rings. The van der Waals surface area contributed by atoms with Gasteiger partial charge < -0.3 is 9.80 Å². The molecule has 0 spiro atoms. The number of hydrogen-bond acceptors (Lipinski definition) is 7. The van der Waals surface area contributed by atoms with Crippen molar-refractivity contribution in [3.05, 3.63) is 78.0 Å². The SMILES string of the molecule is CC1CN(c2ncccc2C(=O)NS(=O)(=O)c2cccc(N3CCC(Cc4ccccc4)CC3)n2)C(C)(C)C1.